The molecular weight excluding hydrogens is 348 g/mol. The van der Waals surface area contributed by atoms with E-state index in [9.17, 15) is 14.9 Å². The van der Waals surface area contributed by atoms with Crippen molar-refractivity contribution in [1.29, 1.82) is 0 Å². The second-order valence-electron chi connectivity index (χ2n) is 6.33. The average molecular weight is 368 g/mol. The molecule has 1 N–H and O–H groups in total. The molecule has 1 unspecified atom stereocenters. The molecule has 0 aliphatic carbocycles. The molecule has 3 aromatic rings. The molecule has 3 rings (SSSR count). The predicted octanol–water partition coefficient (Wildman–Crippen LogP) is 2.85. The first kappa shape index (κ1) is 18.3. The minimum absolute atomic E-state index is 0.114. The van der Waals surface area contributed by atoms with Crippen LogP contribution in [0.15, 0.2) is 42.7 Å². The zero-order valence-electron chi connectivity index (χ0n) is 15.3. The number of benzene rings is 1. The summed E-state index contributed by atoms with van der Waals surface area (Å²) in [4.78, 5) is 22.9. The van der Waals surface area contributed by atoms with Gasteiger partial charge in [-0.15, -0.1) is 0 Å². The Morgan fingerprint density at radius 1 is 1.26 bits per heavy atom. The van der Waals surface area contributed by atoms with Crippen molar-refractivity contribution in [2.45, 2.75) is 33.4 Å². The van der Waals surface area contributed by atoms with Crippen LogP contribution in [0.2, 0.25) is 0 Å². The Labute approximate surface area is 155 Å². The van der Waals surface area contributed by atoms with Gasteiger partial charge in [-0.3, -0.25) is 24.3 Å². The smallest absolute Gasteiger partial charge is 0.307 e. The Morgan fingerprint density at radius 3 is 2.67 bits per heavy atom. The van der Waals surface area contributed by atoms with E-state index in [0.29, 0.717) is 12.4 Å². The fraction of sp³-hybridized carbons (Fsp3) is 0.278. The van der Waals surface area contributed by atoms with E-state index in [4.69, 9.17) is 0 Å². The third kappa shape index (κ3) is 4.02. The Morgan fingerprint density at radius 2 is 2.00 bits per heavy atom. The minimum atomic E-state index is -0.709. The van der Waals surface area contributed by atoms with Gasteiger partial charge in [0, 0.05) is 12.3 Å². The lowest BCUT2D eigenvalue weighted by Gasteiger charge is -2.11. The highest BCUT2D eigenvalue weighted by Crippen LogP contribution is 2.19. The topological polar surface area (TPSA) is 108 Å². The van der Waals surface area contributed by atoms with Crippen LogP contribution < -0.4 is 5.32 Å². The Bertz CT molecular complexity index is 991. The zero-order chi connectivity index (χ0) is 19.6. The molecule has 0 aliphatic rings. The summed E-state index contributed by atoms with van der Waals surface area (Å²) in [5, 5.41) is 22.1. The van der Waals surface area contributed by atoms with Gasteiger partial charge in [-0.25, -0.2) is 0 Å². The number of nitro groups is 1. The van der Waals surface area contributed by atoms with E-state index in [-0.39, 0.29) is 17.3 Å². The molecule has 0 saturated heterocycles. The van der Waals surface area contributed by atoms with Crippen molar-refractivity contribution < 1.29 is 9.72 Å². The summed E-state index contributed by atoms with van der Waals surface area (Å²) in [6.45, 7) is 5.79. The SMILES string of the molecule is Cc1ccccc1Cn1ccc(NC(=O)C(C)n2cc([N+](=O)[O-])c(C)n2)n1. The number of rotatable bonds is 6. The number of carbonyl (C=O) groups is 1. The third-order valence-electron chi connectivity index (χ3n) is 4.35. The number of anilines is 1. The normalized spacial score (nSPS) is 12.0. The Kier molecular flexibility index (Phi) is 5.02. The highest BCUT2D eigenvalue weighted by molar-refractivity contribution is 5.92. The van der Waals surface area contributed by atoms with Gasteiger partial charge in [-0.05, 0) is 31.9 Å². The minimum Gasteiger partial charge on any atom is -0.307 e. The summed E-state index contributed by atoms with van der Waals surface area (Å²) in [7, 11) is 0. The highest BCUT2D eigenvalue weighted by atomic mass is 16.6. The van der Waals surface area contributed by atoms with E-state index in [1.165, 1.54) is 23.4 Å². The third-order valence-corrected chi connectivity index (χ3v) is 4.35. The molecule has 0 spiro atoms. The van der Waals surface area contributed by atoms with E-state index in [1.54, 1.807) is 23.9 Å². The lowest BCUT2D eigenvalue weighted by atomic mass is 10.1. The lowest BCUT2D eigenvalue weighted by Crippen LogP contribution is -2.24. The Balaban J connectivity index is 1.68. The number of nitrogens with one attached hydrogen (secondary N) is 1. The second-order valence-corrected chi connectivity index (χ2v) is 6.33. The van der Waals surface area contributed by atoms with E-state index in [2.05, 4.69) is 15.5 Å². The van der Waals surface area contributed by atoms with Crippen LogP contribution in [0.1, 0.15) is 29.8 Å². The van der Waals surface area contributed by atoms with Gasteiger partial charge in [0.25, 0.3) is 0 Å². The van der Waals surface area contributed by atoms with Crippen molar-refractivity contribution in [2.75, 3.05) is 5.32 Å². The van der Waals surface area contributed by atoms with Crippen LogP contribution in [-0.2, 0) is 11.3 Å². The van der Waals surface area contributed by atoms with Gasteiger partial charge in [-0.2, -0.15) is 10.2 Å². The monoisotopic (exact) mass is 368 g/mol. The molecule has 9 heteroatoms. The van der Waals surface area contributed by atoms with Crippen LogP contribution in [0, 0.1) is 24.0 Å². The van der Waals surface area contributed by atoms with Gasteiger partial charge in [0.05, 0.1) is 11.5 Å². The van der Waals surface area contributed by atoms with Crippen molar-refractivity contribution in [1.82, 2.24) is 19.6 Å². The fourth-order valence-corrected chi connectivity index (χ4v) is 2.68. The first-order chi connectivity index (χ1) is 12.8. The van der Waals surface area contributed by atoms with Crippen LogP contribution in [-0.4, -0.2) is 30.4 Å². The molecule has 2 aromatic heterocycles. The summed E-state index contributed by atoms with van der Waals surface area (Å²) < 4.78 is 3.03. The van der Waals surface area contributed by atoms with E-state index >= 15 is 0 Å². The number of hydrogen-bond donors (Lipinski definition) is 1. The van der Waals surface area contributed by atoms with Crippen molar-refractivity contribution >= 4 is 17.4 Å². The molecule has 0 aliphatic heterocycles. The molecule has 0 saturated carbocycles. The van der Waals surface area contributed by atoms with Gasteiger partial charge in [-0.1, -0.05) is 24.3 Å². The van der Waals surface area contributed by atoms with Gasteiger partial charge in [0.15, 0.2) is 5.82 Å². The standard InChI is InChI=1S/C18H20N6O3/c1-12-6-4-5-7-15(12)10-22-9-8-17(21-22)19-18(25)14(3)23-11-16(24(26)27)13(2)20-23/h4-9,11,14H,10H2,1-3H3,(H,19,21,25). The number of amides is 1. The number of carbonyl (C=O) groups excluding carboxylic acids is 1. The molecule has 1 aromatic carbocycles. The van der Waals surface area contributed by atoms with Crippen LogP contribution in [0.4, 0.5) is 11.5 Å². The zero-order valence-corrected chi connectivity index (χ0v) is 15.3. The summed E-state index contributed by atoms with van der Waals surface area (Å²) in [5.74, 6) is 0.0624. The van der Waals surface area contributed by atoms with Gasteiger partial charge >= 0.3 is 5.69 Å². The quantitative estimate of drug-likeness (QED) is 0.532. The molecule has 2 heterocycles. The van der Waals surface area contributed by atoms with Crippen LogP contribution in [0.25, 0.3) is 0 Å². The molecule has 9 nitrogen and oxygen atoms in total. The number of aryl methyl sites for hydroxylation is 2. The van der Waals surface area contributed by atoms with E-state index in [0.717, 1.165) is 5.56 Å². The molecule has 0 bridgehead atoms. The molecule has 1 atom stereocenters. The molecule has 27 heavy (non-hydrogen) atoms. The Hall–Kier alpha value is -3.49. The van der Waals surface area contributed by atoms with Gasteiger partial charge < -0.3 is 5.32 Å². The number of nitrogens with zero attached hydrogens (tertiary/aromatic N) is 5. The fourth-order valence-electron chi connectivity index (χ4n) is 2.68. The predicted molar refractivity (Wildman–Crippen MR) is 99.5 cm³/mol. The number of hydrogen-bond acceptors (Lipinski definition) is 5. The van der Waals surface area contributed by atoms with E-state index in [1.807, 2.05) is 31.2 Å². The maximum absolute atomic E-state index is 12.4. The van der Waals surface area contributed by atoms with Gasteiger partial charge in [0.2, 0.25) is 5.91 Å². The maximum atomic E-state index is 12.4. The van der Waals surface area contributed by atoms with Crippen molar-refractivity contribution in [3.05, 3.63) is 69.7 Å². The largest absolute Gasteiger partial charge is 0.309 e. The first-order valence-electron chi connectivity index (χ1n) is 8.44. The average Bonchev–Trinajstić information content (AvgIpc) is 3.22. The van der Waals surface area contributed by atoms with Crippen LogP contribution >= 0.6 is 0 Å². The lowest BCUT2D eigenvalue weighted by molar-refractivity contribution is -0.385. The first-order valence-corrected chi connectivity index (χ1v) is 8.44. The molecule has 0 fully saturated rings. The summed E-state index contributed by atoms with van der Waals surface area (Å²) in [6, 6.07) is 9.02. The molecular formula is C18H20N6O3. The summed E-state index contributed by atoms with van der Waals surface area (Å²) in [6.07, 6.45) is 3.05. The molecule has 0 radical (unpaired) electrons. The van der Waals surface area contributed by atoms with Crippen molar-refractivity contribution in [3.8, 4) is 0 Å². The second kappa shape index (κ2) is 7.40. The maximum Gasteiger partial charge on any atom is 0.309 e. The van der Waals surface area contributed by atoms with Crippen LogP contribution in [0.3, 0.4) is 0 Å². The summed E-state index contributed by atoms with van der Waals surface area (Å²) in [5.41, 5.74) is 2.47. The molecule has 1 amide bonds. The number of aromatic nitrogens is 4. The van der Waals surface area contributed by atoms with Crippen LogP contribution in [0.5, 0.6) is 0 Å². The summed E-state index contributed by atoms with van der Waals surface area (Å²) >= 11 is 0. The van der Waals surface area contributed by atoms with Crippen molar-refractivity contribution in [3.63, 3.8) is 0 Å². The van der Waals surface area contributed by atoms with Gasteiger partial charge in [0.1, 0.15) is 17.9 Å². The molecule has 140 valence electrons. The highest BCUT2D eigenvalue weighted by Gasteiger charge is 2.22. The van der Waals surface area contributed by atoms with E-state index < -0.39 is 11.0 Å². The van der Waals surface area contributed by atoms with Crippen molar-refractivity contribution in [2.24, 2.45) is 0 Å².